The van der Waals surface area contributed by atoms with Gasteiger partial charge in [-0.1, -0.05) is 60.7 Å². The van der Waals surface area contributed by atoms with E-state index in [1.165, 1.54) is 24.3 Å². The summed E-state index contributed by atoms with van der Waals surface area (Å²) in [7, 11) is 0. The van der Waals surface area contributed by atoms with Gasteiger partial charge in [-0.05, 0) is 89.1 Å². The molecular formula is C36H34O12. The molecule has 0 radical (unpaired) electrons. The van der Waals surface area contributed by atoms with E-state index in [1.807, 2.05) is 0 Å². The van der Waals surface area contributed by atoms with Gasteiger partial charge in [-0.3, -0.25) is 19.6 Å². The highest BCUT2D eigenvalue weighted by Crippen LogP contribution is 2.28. The van der Waals surface area contributed by atoms with Gasteiger partial charge in [0.2, 0.25) is 0 Å². The van der Waals surface area contributed by atoms with Crippen LogP contribution in [-0.4, -0.2) is 35.1 Å². The third-order valence-electron chi connectivity index (χ3n) is 6.66. The zero-order valence-electron chi connectivity index (χ0n) is 26.7. The van der Waals surface area contributed by atoms with Crippen LogP contribution in [0.25, 0.3) is 0 Å². The molecule has 0 aliphatic rings. The Morgan fingerprint density at radius 3 is 1.15 bits per heavy atom. The molecule has 4 aromatic carbocycles. The average molecular weight is 659 g/mol. The highest BCUT2D eigenvalue weighted by molar-refractivity contribution is 5.93. The van der Waals surface area contributed by atoms with Crippen LogP contribution in [0.15, 0.2) is 109 Å². The molecule has 0 aliphatic heterocycles. The fourth-order valence-corrected chi connectivity index (χ4v) is 3.90. The molecular weight excluding hydrogens is 624 g/mol. The Balaban J connectivity index is 1.25. The Hall–Kier alpha value is -5.72. The van der Waals surface area contributed by atoms with E-state index < -0.39 is 35.1 Å². The maximum Gasteiger partial charge on any atom is 0.386 e. The first-order valence-electron chi connectivity index (χ1n) is 14.8. The summed E-state index contributed by atoms with van der Waals surface area (Å²) in [6.07, 6.45) is 0.597. The summed E-state index contributed by atoms with van der Waals surface area (Å²) in [5, 5.41) is 0. The van der Waals surface area contributed by atoms with E-state index in [1.54, 1.807) is 113 Å². The molecule has 0 N–H and O–H groups in total. The summed E-state index contributed by atoms with van der Waals surface area (Å²) >= 11 is 0. The van der Waals surface area contributed by atoms with E-state index in [-0.39, 0.29) is 33.8 Å². The van der Waals surface area contributed by atoms with Gasteiger partial charge in [0.15, 0.2) is 11.5 Å². The molecule has 0 bridgehead atoms. The van der Waals surface area contributed by atoms with E-state index in [2.05, 4.69) is 0 Å². The largest absolute Gasteiger partial charge is 0.386 e. The highest BCUT2D eigenvalue weighted by atomic mass is 17.2. The first-order valence-corrected chi connectivity index (χ1v) is 14.8. The molecule has 0 unspecified atom stereocenters. The quantitative estimate of drug-likeness (QED) is 0.0941. The van der Waals surface area contributed by atoms with Gasteiger partial charge >= 0.3 is 23.9 Å². The number of rotatable bonds is 15. The third kappa shape index (κ3) is 10.4. The first kappa shape index (κ1) is 35.1. The molecule has 4 aromatic rings. The minimum atomic E-state index is -1.00. The lowest BCUT2D eigenvalue weighted by atomic mass is 9.94. The lowest BCUT2D eigenvalue weighted by molar-refractivity contribution is -0.325. The van der Waals surface area contributed by atoms with Crippen molar-refractivity contribution in [2.75, 3.05) is 0 Å². The summed E-state index contributed by atoms with van der Waals surface area (Å²) < 4.78 is 0. The Kier molecular flexibility index (Phi) is 11.9. The van der Waals surface area contributed by atoms with E-state index in [9.17, 15) is 19.2 Å². The molecule has 4 rings (SSSR count). The van der Waals surface area contributed by atoms with E-state index in [0.717, 1.165) is 0 Å². The minimum absolute atomic E-state index is 0.0381. The molecule has 0 aliphatic carbocycles. The van der Waals surface area contributed by atoms with Crippen LogP contribution in [0.1, 0.15) is 82.0 Å². The SMILES string of the molecule is CC(C)(CCC(C)(C)OOC(=O)c1ccccc1OOC(=O)c1ccccc1)OOC(=O)c1ccccc1OOC(=O)c1ccccc1. The van der Waals surface area contributed by atoms with Crippen molar-refractivity contribution in [2.45, 2.75) is 51.7 Å². The number of hydrogen-bond acceptors (Lipinski definition) is 12. The normalized spacial score (nSPS) is 11.2. The van der Waals surface area contributed by atoms with Crippen molar-refractivity contribution in [1.29, 1.82) is 0 Å². The first-order chi connectivity index (χ1) is 22.9. The molecule has 250 valence electrons. The molecule has 0 amide bonds. The predicted molar refractivity (Wildman–Crippen MR) is 168 cm³/mol. The van der Waals surface area contributed by atoms with Crippen LogP contribution in [0.4, 0.5) is 0 Å². The van der Waals surface area contributed by atoms with E-state index in [4.69, 9.17) is 39.1 Å². The minimum Gasteiger partial charge on any atom is -0.292 e. The Morgan fingerprint density at radius 1 is 0.438 bits per heavy atom. The number of benzene rings is 4. The molecule has 0 atom stereocenters. The van der Waals surface area contributed by atoms with Gasteiger partial charge in [-0.25, -0.2) is 29.0 Å². The number of carbonyl (C=O) groups is 4. The van der Waals surface area contributed by atoms with Gasteiger partial charge in [-0.2, -0.15) is 9.78 Å². The van der Waals surface area contributed by atoms with Crippen LogP contribution in [0, 0.1) is 0 Å². The fourth-order valence-electron chi connectivity index (χ4n) is 3.90. The smallest absolute Gasteiger partial charge is 0.292 e. The Bertz CT molecular complexity index is 1570. The zero-order valence-corrected chi connectivity index (χ0v) is 26.7. The molecule has 0 aromatic heterocycles. The van der Waals surface area contributed by atoms with Crippen molar-refractivity contribution in [3.8, 4) is 11.5 Å². The molecule has 48 heavy (non-hydrogen) atoms. The summed E-state index contributed by atoms with van der Waals surface area (Å²) in [6, 6.07) is 28.5. The molecule has 0 spiro atoms. The van der Waals surface area contributed by atoms with Crippen LogP contribution in [-0.2, 0) is 29.3 Å². The van der Waals surface area contributed by atoms with Crippen LogP contribution >= 0.6 is 0 Å². The standard InChI is InChI=1S/C36H34O12/c1-35(2,47-45-33(39)27-19-11-13-21-29(27)41-43-31(37)25-15-7-5-8-16-25)23-24-36(3,4)48-46-34(40)28-20-12-14-22-30(28)42-44-32(38)26-17-9-6-10-18-26/h5-22H,23-24H2,1-4H3. The van der Waals surface area contributed by atoms with Crippen molar-refractivity contribution in [3.63, 3.8) is 0 Å². The second-order valence-electron chi connectivity index (χ2n) is 11.6. The van der Waals surface area contributed by atoms with Crippen LogP contribution < -0.4 is 9.78 Å². The summed E-state index contributed by atoms with van der Waals surface area (Å²) in [5.41, 5.74) is -1.54. The van der Waals surface area contributed by atoms with Crippen molar-refractivity contribution >= 4 is 23.9 Å². The fraction of sp³-hybridized carbons (Fsp3) is 0.222. The molecule has 12 nitrogen and oxygen atoms in total. The Morgan fingerprint density at radius 2 is 0.771 bits per heavy atom. The molecule has 0 fully saturated rings. The average Bonchev–Trinajstić information content (AvgIpc) is 3.11. The number of hydrogen-bond donors (Lipinski definition) is 0. The lowest BCUT2D eigenvalue weighted by Gasteiger charge is -2.28. The molecule has 0 saturated heterocycles. The second kappa shape index (κ2) is 16.2. The van der Waals surface area contributed by atoms with Gasteiger partial charge in [0.1, 0.15) is 22.3 Å². The number of carbonyl (C=O) groups excluding carboxylic acids is 4. The molecule has 0 saturated carbocycles. The second-order valence-corrected chi connectivity index (χ2v) is 11.6. The van der Waals surface area contributed by atoms with Gasteiger partial charge in [0.05, 0.1) is 11.1 Å². The van der Waals surface area contributed by atoms with Crippen molar-refractivity contribution in [3.05, 3.63) is 131 Å². The lowest BCUT2D eigenvalue weighted by Crippen LogP contribution is -2.33. The van der Waals surface area contributed by atoms with E-state index >= 15 is 0 Å². The highest BCUT2D eigenvalue weighted by Gasteiger charge is 2.31. The number of para-hydroxylation sites is 2. The Labute approximate surface area is 276 Å². The van der Waals surface area contributed by atoms with Gasteiger partial charge < -0.3 is 0 Å². The van der Waals surface area contributed by atoms with Crippen molar-refractivity contribution < 1.29 is 58.3 Å². The van der Waals surface area contributed by atoms with Gasteiger partial charge in [0.25, 0.3) is 0 Å². The summed E-state index contributed by atoms with van der Waals surface area (Å²) in [5.74, 6) is -3.35. The maximum absolute atomic E-state index is 12.8. The molecule has 12 heteroatoms. The summed E-state index contributed by atoms with van der Waals surface area (Å²) in [4.78, 5) is 91.2. The summed E-state index contributed by atoms with van der Waals surface area (Å²) in [6.45, 7) is 6.76. The van der Waals surface area contributed by atoms with Crippen molar-refractivity contribution in [2.24, 2.45) is 0 Å². The van der Waals surface area contributed by atoms with Gasteiger partial charge in [0, 0.05) is 0 Å². The van der Waals surface area contributed by atoms with Crippen molar-refractivity contribution in [1.82, 2.24) is 0 Å². The topological polar surface area (TPSA) is 142 Å². The predicted octanol–water partition coefficient (Wildman–Crippen LogP) is 7.20. The third-order valence-corrected chi connectivity index (χ3v) is 6.66. The van der Waals surface area contributed by atoms with Crippen LogP contribution in [0.2, 0.25) is 0 Å². The van der Waals surface area contributed by atoms with Crippen LogP contribution in [0.3, 0.4) is 0 Å². The van der Waals surface area contributed by atoms with Crippen LogP contribution in [0.5, 0.6) is 11.5 Å². The zero-order chi connectivity index (χ0) is 34.6. The van der Waals surface area contributed by atoms with E-state index in [0.29, 0.717) is 12.8 Å². The van der Waals surface area contributed by atoms with Gasteiger partial charge in [-0.15, -0.1) is 0 Å². The molecule has 0 heterocycles. The monoisotopic (exact) mass is 658 g/mol. The maximum atomic E-state index is 12.8.